The molecular weight excluding hydrogens is 264 g/mol. The van der Waals surface area contributed by atoms with Gasteiger partial charge in [0.2, 0.25) is 5.91 Å². The molecule has 0 saturated carbocycles. The summed E-state index contributed by atoms with van der Waals surface area (Å²) < 4.78 is 5.44. The van der Waals surface area contributed by atoms with Gasteiger partial charge in [0.25, 0.3) is 0 Å². The fourth-order valence-electron chi connectivity index (χ4n) is 2.07. The van der Waals surface area contributed by atoms with Crippen LogP contribution in [0.1, 0.15) is 18.4 Å². The molecule has 106 valence electrons. The largest absolute Gasteiger partial charge is 0.367 e. The van der Waals surface area contributed by atoms with E-state index < -0.39 is 0 Å². The molecule has 1 aromatic carbocycles. The van der Waals surface area contributed by atoms with Crippen molar-refractivity contribution in [2.45, 2.75) is 25.5 Å². The van der Waals surface area contributed by atoms with E-state index in [0.29, 0.717) is 6.61 Å². The van der Waals surface area contributed by atoms with Crippen LogP contribution >= 0.6 is 12.4 Å². The van der Waals surface area contributed by atoms with Gasteiger partial charge >= 0.3 is 0 Å². The van der Waals surface area contributed by atoms with Gasteiger partial charge in [0.1, 0.15) is 6.61 Å². The number of hydrogen-bond acceptors (Lipinski definition) is 3. The quantitative estimate of drug-likeness (QED) is 0.913. The maximum atomic E-state index is 11.9. The van der Waals surface area contributed by atoms with E-state index in [1.165, 1.54) is 0 Å². The molecule has 0 aliphatic carbocycles. The molecule has 0 unspecified atom stereocenters. The molecule has 0 radical (unpaired) electrons. The smallest absolute Gasteiger partial charge is 0.248 e. The van der Waals surface area contributed by atoms with Crippen LogP contribution in [0.3, 0.4) is 0 Å². The maximum Gasteiger partial charge on any atom is 0.248 e. The van der Waals surface area contributed by atoms with Gasteiger partial charge in [-0.15, -0.1) is 12.4 Å². The van der Waals surface area contributed by atoms with Gasteiger partial charge in [-0.2, -0.15) is 0 Å². The molecule has 1 aromatic rings. The molecule has 4 nitrogen and oxygen atoms in total. The zero-order valence-electron chi connectivity index (χ0n) is 11.0. The van der Waals surface area contributed by atoms with E-state index in [1.807, 2.05) is 35.2 Å². The van der Waals surface area contributed by atoms with Crippen molar-refractivity contribution >= 4 is 18.3 Å². The van der Waals surface area contributed by atoms with Gasteiger partial charge in [-0.1, -0.05) is 30.3 Å². The first-order valence-electron chi connectivity index (χ1n) is 6.41. The molecule has 2 rings (SSSR count). The summed E-state index contributed by atoms with van der Waals surface area (Å²) in [5.41, 5.74) is 6.89. The first kappa shape index (κ1) is 16.0. The summed E-state index contributed by atoms with van der Waals surface area (Å²) >= 11 is 0. The Labute approximate surface area is 120 Å². The molecular formula is C14H21ClN2O2. The number of nitrogens with zero attached hydrogens (tertiary/aromatic N) is 1. The minimum atomic E-state index is 0. The summed E-state index contributed by atoms with van der Waals surface area (Å²) in [6, 6.07) is 10.1. The maximum absolute atomic E-state index is 11.9. The lowest BCUT2D eigenvalue weighted by atomic mass is 10.1. The molecule has 19 heavy (non-hydrogen) atoms. The van der Waals surface area contributed by atoms with E-state index in [1.54, 1.807) is 0 Å². The van der Waals surface area contributed by atoms with Crippen LogP contribution in [0.15, 0.2) is 30.3 Å². The van der Waals surface area contributed by atoms with Crippen LogP contribution in [0.5, 0.6) is 0 Å². The van der Waals surface area contributed by atoms with Crippen molar-refractivity contribution < 1.29 is 9.53 Å². The second kappa shape index (κ2) is 8.15. The van der Waals surface area contributed by atoms with Crippen LogP contribution in [0, 0.1) is 0 Å². The van der Waals surface area contributed by atoms with Crippen molar-refractivity contribution in [1.82, 2.24) is 4.90 Å². The Hall–Kier alpha value is -1.10. The van der Waals surface area contributed by atoms with Gasteiger partial charge in [-0.3, -0.25) is 4.79 Å². The highest BCUT2D eigenvalue weighted by Crippen LogP contribution is 2.08. The molecule has 0 spiro atoms. The van der Waals surface area contributed by atoms with Gasteiger partial charge in [0.15, 0.2) is 0 Å². The highest BCUT2D eigenvalue weighted by atomic mass is 35.5. The Balaban J connectivity index is 0.00000180. The minimum absolute atomic E-state index is 0. The summed E-state index contributed by atoms with van der Waals surface area (Å²) in [6.45, 7) is 2.16. The second-order valence-corrected chi connectivity index (χ2v) is 4.70. The molecule has 1 aliphatic heterocycles. The van der Waals surface area contributed by atoms with Gasteiger partial charge < -0.3 is 15.4 Å². The molecule has 0 aromatic heterocycles. The van der Waals surface area contributed by atoms with Crippen molar-refractivity contribution in [2.24, 2.45) is 5.73 Å². The molecule has 0 atom stereocenters. The molecule has 2 N–H and O–H groups in total. The monoisotopic (exact) mass is 284 g/mol. The Bertz CT molecular complexity index is 378. The van der Waals surface area contributed by atoms with E-state index in [0.717, 1.165) is 31.5 Å². The Morgan fingerprint density at radius 2 is 1.89 bits per heavy atom. The van der Waals surface area contributed by atoms with Crippen LogP contribution in [0.4, 0.5) is 0 Å². The van der Waals surface area contributed by atoms with Gasteiger partial charge in [-0.25, -0.2) is 0 Å². The summed E-state index contributed by atoms with van der Waals surface area (Å²) in [7, 11) is 0. The van der Waals surface area contributed by atoms with Crippen LogP contribution in [0.25, 0.3) is 0 Å². The lowest BCUT2D eigenvalue weighted by Gasteiger charge is -2.30. The SMILES string of the molecule is Cl.NC1CCN(C(=O)COCc2ccccc2)CC1. The third-order valence-electron chi connectivity index (χ3n) is 3.23. The number of rotatable bonds is 4. The van der Waals surface area contributed by atoms with Crippen LogP contribution in [0.2, 0.25) is 0 Å². The van der Waals surface area contributed by atoms with E-state index in [2.05, 4.69) is 0 Å². The number of amides is 1. The zero-order valence-corrected chi connectivity index (χ0v) is 11.8. The number of hydrogen-bond donors (Lipinski definition) is 1. The Morgan fingerprint density at radius 3 is 2.53 bits per heavy atom. The van der Waals surface area contributed by atoms with Crippen molar-refractivity contribution in [3.8, 4) is 0 Å². The lowest BCUT2D eigenvalue weighted by molar-refractivity contribution is -0.137. The van der Waals surface area contributed by atoms with E-state index in [4.69, 9.17) is 10.5 Å². The van der Waals surface area contributed by atoms with Crippen molar-refractivity contribution in [3.63, 3.8) is 0 Å². The number of carbonyl (C=O) groups is 1. The number of ether oxygens (including phenoxy) is 1. The first-order chi connectivity index (χ1) is 8.75. The fourth-order valence-corrected chi connectivity index (χ4v) is 2.07. The Kier molecular flexibility index (Phi) is 6.84. The second-order valence-electron chi connectivity index (χ2n) is 4.70. The predicted octanol–water partition coefficient (Wildman–Crippen LogP) is 1.57. The molecule has 1 saturated heterocycles. The summed E-state index contributed by atoms with van der Waals surface area (Å²) in [6.07, 6.45) is 1.79. The number of nitrogens with two attached hydrogens (primary N) is 1. The third kappa shape index (κ3) is 5.19. The van der Waals surface area contributed by atoms with Crippen LogP contribution in [-0.4, -0.2) is 36.5 Å². The van der Waals surface area contributed by atoms with Gasteiger partial charge in [0, 0.05) is 19.1 Å². The van der Waals surface area contributed by atoms with Crippen molar-refractivity contribution in [1.29, 1.82) is 0 Å². The van der Waals surface area contributed by atoms with E-state index >= 15 is 0 Å². The number of likely N-dealkylation sites (tertiary alicyclic amines) is 1. The topological polar surface area (TPSA) is 55.6 Å². The highest BCUT2D eigenvalue weighted by Gasteiger charge is 2.20. The highest BCUT2D eigenvalue weighted by molar-refractivity contribution is 5.85. The molecule has 0 bridgehead atoms. The summed E-state index contributed by atoms with van der Waals surface area (Å²) in [4.78, 5) is 13.7. The lowest BCUT2D eigenvalue weighted by Crippen LogP contribution is -2.44. The average Bonchev–Trinajstić information content (AvgIpc) is 2.40. The van der Waals surface area contributed by atoms with Crippen LogP contribution in [-0.2, 0) is 16.1 Å². The molecule has 5 heteroatoms. The van der Waals surface area contributed by atoms with Crippen LogP contribution < -0.4 is 5.73 Å². The van der Waals surface area contributed by atoms with E-state index in [-0.39, 0.29) is 31.0 Å². The zero-order chi connectivity index (χ0) is 12.8. The summed E-state index contributed by atoms with van der Waals surface area (Å²) in [5.74, 6) is 0.0674. The summed E-state index contributed by atoms with van der Waals surface area (Å²) in [5, 5.41) is 0. The third-order valence-corrected chi connectivity index (χ3v) is 3.23. The van der Waals surface area contributed by atoms with Crippen molar-refractivity contribution in [2.75, 3.05) is 19.7 Å². The fraction of sp³-hybridized carbons (Fsp3) is 0.500. The molecule has 1 aliphatic rings. The van der Waals surface area contributed by atoms with E-state index in [9.17, 15) is 4.79 Å². The molecule has 1 fully saturated rings. The predicted molar refractivity (Wildman–Crippen MR) is 77.1 cm³/mol. The molecule has 1 amide bonds. The van der Waals surface area contributed by atoms with Gasteiger partial charge in [0.05, 0.1) is 6.61 Å². The van der Waals surface area contributed by atoms with Gasteiger partial charge in [-0.05, 0) is 18.4 Å². The number of benzene rings is 1. The number of carbonyl (C=O) groups excluding carboxylic acids is 1. The minimum Gasteiger partial charge on any atom is -0.367 e. The Morgan fingerprint density at radius 1 is 1.26 bits per heavy atom. The normalized spacial score (nSPS) is 15.9. The number of halogens is 1. The molecule has 1 heterocycles. The standard InChI is InChI=1S/C14H20N2O2.ClH/c15-13-6-8-16(9-7-13)14(17)11-18-10-12-4-2-1-3-5-12;/h1-5,13H,6-11,15H2;1H. The first-order valence-corrected chi connectivity index (χ1v) is 6.41. The number of piperidine rings is 1. The average molecular weight is 285 g/mol. The van der Waals surface area contributed by atoms with Crippen molar-refractivity contribution in [3.05, 3.63) is 35.9 Å².